The molecule has 1 amide bonds. The number of carbonyl (C=O) groups is 1. The van der Waals surface area contributed by atoms with Crippen LogP contribution in [0.4, 0.5) is 0 Å². The van der Waals surface area contributed by atoms with E-state index in [0.29, 0.717) is 32.4 Å². The fourth-order valence-corrected chi connectivity index (χ4v) is 2.10. The molecule has 2 N–H and O–H groups in total. The second-order valence-electron chi connectivity index (χ2n) is 5.05. The van der Waals surface area contributed by atoms with Crippen LogP contribution in [0.25, 0.3) is 0 Å². The van der Waals surface area contributed by atoms with Gasteiger partial charge >= 0.3 is 0 Å². The van der Waals surface area contributed by atoms with Gasteiger partial charge in [-0.25, -0.2) is 0 Å². The van der Waals surface area contributed by atoms with Crippen molar-refractivity contribution in [3.63, 3.8) is 0 Å². The van der Waals surface area contributed by atoms with Crippen LogP contribution in [0.2, 0.25) is 0 Å². The van der Waals surface area contributed by atoms with Crippen molar-refractivity contribution in [3.8, 4) is 0 Å². The average molecular weight is 273 g/mol. The molecule has 0 saturated heterocycles. The molecule has 0 atom stereocenters. The van der Waals surface area contributed by atoms with E-state index in [4.69, 9.17) is 10.2 Å². The third kappa shape index (κ3) is 11.0. The minimum Gasteiger partial charge on any atom is -0.396 e. The number of aliphatic hydroxyl groups excluding tert-OH is 2. The highest BCUT2D eigenvalue weighted by Gasteiger charge is 2.11. The van der Waals surface area contributed by atoms with E-state index >= 15 is 0 Å². The van der Waals surface area contributed by atoms with Gasteiger partial charge in [0.1, 0.15) is 0 Å². The van der Waals surface area contributed by atoms with Gasteiger partial charge in [0.2, 0.25) is 5.91 Å². The normalized spacial score (nSPS) is 10.7. The summed E-state index contributed by atoms with van der Waals surface area (Å²) in [6.07, 6.45) is 8.93. The third-order valence-corrected chi connectivity index (χ3v) is 3.27. The smallest absolute Gasteiger partial charge is 0.222 e. The first kappa shape index (κ1) is 18.4. The number of rotatable bonds is 13. The summed E-state index contributed by atoms with van der Waals surface area (Å²) in [7, 11) is 0. The Kier molecular flexibility index (Phi) is 13.4. The molecule has 0 heterocycles. The summed E-state index contributed by atoms with van der Waals surface area (Å²) in [6.45, 7) is 3.62. The van der Waals surface area contributed by atoms with Gasteiger partial charge in [0, 0.05) is 32.7 Å². The summed E-state index contributed by atoms with van der Waals surface area (Å²) in [5, 5.41) is 17.7. The van der Waals surface area contributed by atoms with Crippen molar-refractivity contribution in [2.24, 2.45) is 0 Å². The van der Waals surface area contributed by atoms with Gasteiger partial charge < -0.3 is 15.1 Å². The first-order chi connectivity index (χ1) is 9.26. The Balaban J connectivity index is 3.76. The van der Waals surface area contributed by atoms with Crippen LogP contribution in [-0.4, -0.2) is 47.3 Å². The van der Waals surface area contributed by atoms with Crippen LogP contribution < -0.4 is 0 Å². The Morgan fingerprint density at radius 1 is 0.842 bits per heavy atom. The van der Waals surface area contributed by atoms with Gasteiger partial charge in [-0.1, -0.05) is 39.0 Å². The largest absolute Gasteiger partial charge is 0.396 e. The molecule has 0 bridgehead atoms. The molecule has 4 heteroatoms. The zero-order valence-electron chi connectivity index (χ0n) is 12.4. The maximum absolute atomic E-state index is 12.0. The van der Waals surface area contributed by atoms with Gasteiger partial charge in [-0.2, -0.15) is 0 Å². The van der Waals surface area contributed by atoms with Crippen molar-refractivity contribution < 1.29 is 15.0 Å². The molecule has 0 saturated carbocycles. The lowest BCUT2D eigenvalue weighted by atomic mass is 10.1. The predicted molar refractivity (Wildman–Crippen MR) is 78.0 cm³/mol. The number of carbonyl (C=O) groups excluding carboxylic acids is 1. The van der Waals surface area contributed by atoms with Gasteiger partial charge in [0.05, 0.1) is 0 Å². The van der Waals surface area contributed by atoms with Crippen molar-refractivity contribution in [1.29, 1.82) is 0 Å². The Hall–Kier alpha value is -0.610. The van der Waals surface area contributed by atoms with Crippen LogP contribution in [0.3, 0.4) is 0 Å². The van der Waals surface area contributed by atoms with Crippen LogP contribution in [0, 0.1) is 0 Å². The van der Waals surface area contributed by atoms with Crippen molar-refractivity contribution in [2.75, 3.05) is 26.3 Å². The summed E-state index contributed by atoms with van der Waals surface area (Å²) in [6, 6.07) is 0. The van der Waals surface area contributed by atoms with Crippen molar-refractivity contribution in [3.05, 3.63) is 0 Å². The molecule has 0 aromatic heterocycles. The lowest BCUT2D eigenvalue weighted by Gasteiger charge is -2.22. The van der Waals surface area contributed by atoms with Crippen molar-refractivity contribution >= 4 is 5.91 Å². The fraction of sp³-hybridized carbons (Fsp3) is 0.933. The van der Waals surface area contributed by atoms with E-state index < -0.39 is 0 Å². The number of aliphatic hydroxyl groups is 2. The molecule has 4 nitrogen and oxygen atoms in total. The van der Waals surface area contributed by atoms with Crippen molar-refractivity contribution in [1.82, 2.24) is 4.90 Å². The SMILES string of the molecule is CCCCCCCCC(=O)N(CCCO)CCCO. The standard InChI is InChI=1S/C15H31NO3/c1-2-3-4-5-6-7-10-15(19)16(11-8-13-17)12-9-14-18/h17-18H,2-14H2,1H3. The lowest BCUT2D eigenvalue weighted by molar-refractivity contribution is -0.131. The highest BCUT2D eigenvalue weighted by molar-refractivity contribution is 5.76. The highest BCUT2D eigenvalue weighted by atomic mass is 16.3. The molecule has 0 unspecified atom stereocenters. The quantitative estimate of drug-likeness (QED) is 0.506. The Morgan fingerprint density at radius 2 is 1.37 bits per heavy atom. The van der Waals surface area contributed by atoms with E-state index in [1.165, 1.54) is 25.7 Å². The van der Waals surface area contributed by atoms with Gasteiger partial charge in [0.15, 0.2) is 0 Å². The summed E-state index contributed by atoms with van der Waals surface area (Å²) in [4.78, 5) is 13.8. The number of amides is 1. The Labute approximate surface area is 117 Å². The highest BCUT2D eigenvalue weighted by Crippen LogP contribution is 2.09. The van der Waals surface area contributed by atoms with E-state index in [1.807, 2.05) is 0 Å². The Bertz CT molecular complexity index is 202. The molecule has 0 aliphatic rings. The molecule has 114 valence electrons. The first-order valence-electron chi connectivity index (χ1n) is 7.75. The maximum atomic E-state index is 12.0. The molecule has 0 fully saturated rings. The maximum Gasteiger partial charge on any atom is 0.222 e. The molecule has 19 heavy (non-hydrogen) atoms. The molecule has 0 radical (unpaired) electrons. The molecule has 0 aromatic carbocycles. The zero-order valence-corrected chi connectivity index (χ0v) is 12.4. The molecule has 0 aliphatic carbocycles. The number of hydrogen-bond acceptors (Lipinski definition) is 3. The van der Waals surface area contributed by atoms with E-state index in [9.17, 15) is 4.79 Å². The molecular formula is C15H31NO3. The second-order valence-corrected chi connectivity index (χ2v) is 5.05. The van der Waals surface area contributed by atoms with Crippen LogP contribution in [0.1, 0.15) is 64.7 Å². The van der Waals surface area contributed by atoms with Crippen molar-refractivity contribution in [2.45, 2.75) is 64.7 Å². The van der Waals surface area contributed by atoms with Gasteiger partial charge in [-0.05, 0) is 19.3 Å². The second kappa shape index (κ2) is 13.8. The first-order valence-corrected chi connectivity index (χ1v) is 7.75. The summed E-state index contributed by atoms with van der Waals surface area (Å²) in [5.41, 5.74) is 0. The van der Waals surface area contributed by atoms with Crippen LogP contribution in [0.15, 0.2) is 0 Å². The molecule has 0 rings (SSSR count). The van der Waals surface area contributed by atoms with E-state index in [-0.39, 0.29) is 19.1 Å². The van der Waals surface area contributed by atoms with Gasteiger partial charge in [-0.15, -0.1) is 0 Å². The minimum absolute atomic E-state index is 0.111. The number of nitrogens with zero attached hydrogens (tertiary/aromatic N) is 1. The van der Waals surface area contributed by atoms with Crippen LogP contribution in [-0.2, 0) is 4.79 Å². The summed E-state index contributed by atoms with van der Waals surface area (Å²) < 4.78 is 0. The molecule has 0 spiro atoms. The van der Waals surface area contributed by atoms with Gasteiger partial charge in [-0.3, -0.25) is 4.79 Å². The third-order valence-electron chi connectivity index (χ3n) is 3.27. The predicted octanol–water partition coefficient (Wildman–Crippen LogP) is 2.33. The zero-order chi connectivity index (χ0) is 14.3. The van der Waals surface area contributed by atoms with E-state index in [0.717, 1.165) is 12.8 Å². The molecule has 0 aliphatic heterocycles. The molecular weight excluding hydrogens is 242 g/mol. The minimum atomic E-state index is 0.111. The van der Waals surface area contributed by atoms with Crippen LogP contribution >= 0.6 is 0 Å². The number of hydrogen-bond donors (Lipinski definition) is 2. The van der Waals surface area contributed by atoms with Gasteiger partial charge in [0.25, 0.3) is 0 Å². The average Bonchev–Trinajstić information content (AvgIpc) is 2.42. The lowest BCUT2D eigenvalue weighted by Crippen LogP contribution is -2.33. The van der Waals surface area contributed by atoms with Crippen LogP contribution in [0.5, 0.6) is 0 Å². The summed E-state index contributed by atoms with van der Waals surface area (Å²) >= 11 is 0. The van der Waals surface area contributed by atoms with E-state index in [2.05, 4.69) is 6.92 Å². The molecule has 0 aromatic rings. The Morgan fingerprint density at radius 3 is 1.89 bits per heavy atom. The number of unbranched alkanes of at least 4 members (excludes halogenated alkanes) is 5. The fourth-order valence-electron chi connectivity index (χ4n) is 2.10. The monoisotopic (exact) mass is 273 g/mol. The summed E-state index contributed by atoms with van der Waals surface area (Å²) in [5.74, 6) is 0.164. The topological polar surface area (TPSA) is 60.8 Å². The van der Waals surface area contributed by atoms with E-state index in [1.54, 1.807) is 4.90 Å².